The zero-order valence-electron chi connectivity index (χ0n) is 13.4. The Kier molecular flexibility index (Phi) is 5.47. The predicted octanol–water partition coefficient (Wildman–Crippen LogP) is 4.28. The molecule has 20 heavy (non-hydrogen) atoms. The summed E-state index contributed by atoms with van der Waals surface area (Å²) in [6, 6.07) is 7.26. The summed E-state index contributed by atoms with van der Waals surface area (Å²) in [5.74, 6) is 2.38. The van der Waals surface area contributed by atoms with Crippen LogP contribution in [-0.4, -0.2) is 19.7 Å². The van der Waals surface area contributed by atoms with E-state index in [0.717, 1.165) is 24.7 Å². The van der Waals surface area contributed by atoms with Crippen LogP contribution in [0.2, 0.25) is 0 Å². The van der Waals surface area contributed by atoms with Gasteiger partial charge in [-0.25, -0.2) is 0 Å². The number of rotatable bonds is 6. The topological polar surface area (TPSA) is 21.3 Å². The van der Waals surface area contributed by atoms with Crippen molar-refractivity contribution in [3.63, 3.8) is 0 Å². The fourth-order valence-electron chi connectivity index (χ4n) is 3.33. The van der Waals surface area contributed by atoms with Gasteiger partial charge in [-0.1, -0.05) is 32.4 Å². The Morgan fingerprint density at radius 3 is 2.80 bits per heavy atom. The first-order valence-corrected chi connectivity index (χ1v) is 8.02. The van der Waals surface area contributed by atoms with Crippen molar-refractivity contribution in [2.75, 3.05) is 13.7 Å². The molecule has 2 atom stereocenters. The van der Waals surface area contributed by atoms with Crippen molar-refractivity contribution in [3.8, 4) is 5.75 Å². The van der Waals surface area contributed by atoms with E-state index < -0.39 is 0 Å². The van der Waals surface area contributed by atoms with Gasteiger partial charge in [0.15, 0.2) is 0 Å². The number of hydrogen-bond donors (Lipinski definition) is 1. The van der Waals surface area contributed by atoms with Gasteiger partial charge < -0.3 is 10.1 Å². The van der Waals surface area contributed by atoms with Crippen molar-refractivity contribution in [3.05, 3.63) is 29.3 Å². The lowest BCUT2D eigenvalue weighted by Crippen LogP contribution is -2.29. The van der Waals surface area contributed by atoms with Gasteiger partial charge in [-0.3, -0.25) is 0 Å². The average molecular weight is 275 g/mol. The molecule has 1 fully saturated rings. The third-order valence-electron chi connectivity index (χ3n) is 4.57. The van der Waals surface area contributed by atoms with Gasteiger partial charge in [-0.2, -0.15) is 0 Å². The van der Waals surface area contributed by atoms with E-state index in [9.17, 15) is 0 Å². The summed E-state index contributed by atoms with van der Waals surface area (Å²) >= 11 is 0. The first kappa shape index (κ1) is 15.4. The lowest BCUT2D eigenvalue weighted by atomic mass is 9.99. The summed E-state index contributed by atoms with van der Waals surface area (Å²) in [4.78, 5) is 0. The van der Waals surface area contributed by atoms with Crippen LogP contribution in [0.5, 0.6) is 5.75 Å². The standard InChI is InChI=1S/C18H29NO/c1-13(2)16-9-8-14(3)12-18(16)20-11-10-15-6-5-7-17(15)19-4/h8-9,12-13,15,17,19H,5-7,10-11H2,1-4H3. The van der Waals surface area contributed by atoms with Gasteiger partial charge in [-0.05, 0) is 62.3 Å². The summed E-state index contributed by atoms with van der Waals surface area (Å²) in [7, 11) is 2.08. The molecular formula is C18H29NO. The third-order valence-corrected chi connectivity index (χ3v) is 4.57. The highest BCUT2D eigenvalue weighted by atomic mass is 16.5. The van der Waals surface area contributed by atoms with E-state index in [2.05, 4.69) is 51.3 Å². The zero-order chi connectivity index (χ0) is 14.5. The zero-order valence-corrected chi connectivity index (χ0v) is 13.4. The van der Waals surface area contributed by atoms with E-state index in [-0.39, 0.29) is 0 Å². The molecule has 0 amide bonds. The summed E-state index contributed by atoms with van der Waals surface area (Å²) in [5.41, 5.74) is 2.60. The summed E-state index contributed by atoms with van der Waals surface area (Å²) in [6.07, 6.45) is 5.19. The molecule has 0 heterocycles. The fourth-order valence-corrected chi connectivity index (χ4v) is 3.33. The number of hydrogen-bond acceptors (Lipinski definition) is 2. The van der Waals surface area contributed by atoms with Gasteiger partial charge >= 0.3 is 0 Å². The molecule has 0 saturated heterocycles. The summed E-state index contributed by atoms with van der Waals surface area (Å²) in [5, 5.41) is 3.45. The molecule has 1 N–H and O–H groups in total. The van der Waals surface area contributed by atoms with Gasteiger partial charge in [0.1, 0.15) is 5.75 Å². The first-order valence-electron chi connectivity index (χ1n) is 8.02. The van der Waals surface area contributed by atoms with Crippen molar-refractivity contribution >= 4 is 0 Å². The lowest BCUT2D eigenvalue weighted by Gasteiger charge is -2.20. The summed E-state index contributed by atoms with van der Waals surface area (Å²) < 4.78 is 6.11. The molecule has 1 saturated carbocycles. The minimum atomic E-state index is 0.516. The molecule has 1 aliphatic carbocycles. The molecule has 1 aromatic rings. The van der Waals surface area contributed by atoms with Crippen LogP contribution in [0.15, 0.2) is 18.2 Å². The highest BCUT2D eigenvalue weighted by molar-refractivity contribution is 5.39. The van der Waals surface area contributed by atoms with Crippen molar-refractivity contribution in [1.82, 2.24) is 5.32 Å². The van der Waals surface area contributed by atoms with Crippen LogP contribution >= 0.6 is 0 Å². The maximum absolute atomic E-state index is 6.11. The molecule has 0 spiro atoms. The van der Waals surface area contributed by atoms with E-state index in [1.54, 1.807) is 0 Å². The van der Waals surface area contributed by atoms with Crippen LogP contribution in [0, 0.1) is 12.8 Å². The summed E-state index contributed by atoms with van der Waals surface area (Å²) in [6.45, 7) is 7.42. The van der Waals surface area contributed by atoms with E-state index in [0.29, 0.717) is 12.0 Å². The van der Waals surface area contributed by atoms with E-state index in [1.807, 2.05) is 0 Å². The van der Waals surface area contributed by atoms with Crippen LogP contribution < -0.4 is 10.1 Å². The third kappa shape index (κ3) is 3.76. The molecular weight excluding hydrogens is 246 g/mol. The van der Waals surface area contributed by atoms with Gasteiger partial charge in [0.25, 0.3) is 0 Å². The molecule has 0 aliphatic heterocycles. The highest BCUT2D eigenvalue weighted by Gasteiger charge is 2.25. The molecule has 2 heteroatoms. The molecule has 0 aromatic heterocycles. The molecule has 0 radical (unpaired) electrons. The van der Waals surface area contributed by atoms with Gasteiger partial charge in [0.05, 0.1) is 6.61 Å². The first-order chi connectivity index (χ1) is 9.61. The van der Waals surface area contributed by atoms with Gasteiger partial charge in [-0.15, -0.1) is 0 Å². The van der Waals surface area contributed by atoms with E-state index in [4.69, 9.17) is 4.74 Å². The molecule has 2 rings (SSSR count). The van der Waals surface area contributed by atoms with Crippen LogP contribution in [0.25, 0.3) is 0 Å². The maximum atomic E-state index is 6.11. The SMILES string of the molecule is CNC1CCCC1CCOc1cc(C)ccc1C(C)C. The molecule has 1 aliphatic rings. The highest BCUT2D eigenvalue weighted by Crippen LogP contribution is 2.30. The average Bonchev–Trinajstić information content (AvgIpc) is 2.86. The Hall–Kier alpha value is -1.02. The quantitative estimate of drug-likeness (QED) is 0.837. The number of aryl methyl sites for hydroxylation is 1. The van der Waals surface area contributed by atoms with Gasteiger partial charge in [0.2, 0.25) is 0 Å². The van der Waals surface area contributed by atoms with E-state index >= 15 is 0 Å². The minimum Gasteiger partial charge on any atom is -0.493 e. The lowest BCUT2D eigenvalue weighted by molar-refractivity contribution is 0.261. The fraction of sp³-hybridized carbons (Fsp3) is 0.667. The Morgan fingerprint density at radius 2 is 2.10 bits per heavy atom. The Bertz CT molecular complexity index is 427. The molecule has 2 unspecified atom stereocenters. The minimum absolute atomic E-state index is 0.516. The normalized spacial score (nSPS) is 22.4. The van der Waals surface area contributed by atoms with Crippen LogP contribution in [-0.2, 0) is 0 Å². The molecule has 0 bridgehead atoms. The smallest absolute Gasteiger partial charge is 0.122 e. The van der Waals surface area contributed by atoms with Crippen LogP contribution in [0.1, 0.15) is 56.6 Å². The monoisotopic (exact) mass is 275 g/mol. The van der Waals surface area contributed by atoms with Gasteiger partial charge in [0, 0.05) is 6.04 Å². The Morgan fingerprint density at radius 1 is 1.30 bits per heavy atom. The van der Waals surface area contributed by atoms with Crippen molar-refractivity contribution < 1.29 is 4.74 Å². The number of ether oxygens (including phenoxy) is 1. The number of benzene rings is 1. The molecule has 112 valence electrons. The molecule has 2 nitrogen and oxygen atoms in total. The van der Waals surface area contributed by atoms with Crippen LogP contribution in [0.3, 0.4) is 0 Å². The van der Waals surface area contributed by atoms with E-state index in [1.165, 1.54) is 30.4 Å². The molecule has 1 aromatic carbocycles. The second-order valence-electron chi connectivity index (χ2n) is 6.42. The predicted molar refractivity (Wildman–Crippen MR) is 85.6 cm³/mol. The van der Waals surface area contributed by atoms with Crippen molar-refractivity contribution in [2.45, 2.75) is 58.4 Å². The number of nitrogens with one attached hydrogen (secondary N) is 1. The Labute approximate surface area is 123 Å². The van der Waals surface area contributed by atoms with Crippen molar-refractivity contribution in [2.24, 2.45) is 5.92 Å². The maximum Gasteiger partial charge on any atom is 0.122 e. The largest absolute Gasteiger partial charge is 0.493 e. The second kappa shape index (κ2) is 7.12. The van der Waals surface area contributed by atoms with Crippen molar-refractivity contribution in [1.29, 1.82) is 0 Å². The Balaban J connectivity index is 1.92. The van der Waals surface area contributed by atoms with Crippen LogP contribution in [0.4, 0.5) is 0 Å². The second-order valence-corrected chi connectivity index (χ2v) is 6.42.